The summed E-state index contributed by atoms with van der Waals surface area (Å²) in [5.74, 6) is -0.0910. The molecule has 0 atom stereocenters. The van der Waals surface area contributed by atoms with Gasteiger partial charge in [0.05, 0.1) is 15.8 Å². The van der Waals surface area contributed by atoms with Gasteiger partial charge in [0.2, 0.25) is 21.7 Å². The Hall–Kier alpha value is -2.36. The number of sulfonamides is 1. The molecule has 1 aliphatic heterocycles. The van der Waals surface area contributed by atoms with Gasteiger partial charge in [-0.3, -0.25) is 4.98 Å². The van der Waals surface area contributed by atoms with E-state index < -0.39 is 15.8 Å². The molecule has 3 aromatic rings. The fourth-order valence-corrected chi connectivity index (χ4v) is 4.39. The van der Waals surface area contributed by atoms with Crippen molar-refractivity contribution in [2.45, 2.75) is 10.8 Å². The van der Waals surface area contributed by atoms with Crippen molar-refractivity contribution in [3.63, 3.8) is 0 Å². The normalized spacial score (nSPS) is 15.8. The Kier molecular flexibility index (Phi) is 4.22. The summed E-state index contributed by atoms with van der Waals surface area (Å²) < 4.78 is 44.8. The van der Waals surface area contributed by atoms with Crippen LogP contribution >= 0.6 is 11.6 Å². The van der Waals surface area contributed by atoms with Crippen molar-refractivity contribution in [1.29, 1.82) is 0 Å². The van der Waals surface area contributed by atoms with Gasteiger partial charge < -0.3 is 4.52 Å². The highest BCUT2D eigenvalue weighted by molar-refractivity contribution is 7.89. The van der Waals surface area contributed by atoms with Crippen LogP contribution in [0.4, 0.5) is 4.39 Å². The molecular formula is C16H12ClFN4O3S. The van der Waals surface area contributed by atoms with Crippen molar-refractivity contribution in [2.24, 2.45) is 0 Å². The lowest BCUT2D eigenvalue weighted by Gasteiger charge is -2.35. The number of halogens is 2. The van der Waals surface area contributed by atoms with Gasteiger partial charge in [-0.25, -0.2) is 12.8 Å². The van der Waals surface area contributed by atoms with Crippen LogP contribution in [-0.4, -0.2) is 40.9 Å². The zero-order valence-corrected chi connectivity index (χ0v) is 14.8. The third kappa shape index (κ3) is 2.98. The zero-order chi connectivity index (χ0) is 18.3. The van der Waals surface area contributed by atoms with Crippen LogP contribution in [0.15, 0.2) is 52.1 Å². The minimum absolute atomic E-state index is 0.0519. The summed E-state index contributed by atoms with van der Waals surface area (Å²) >= 11 is 5.67. The molecule has 26 heavy (non-hydrogen) atoms. The summed E-state index contributed by atoms with van der Waals surface area (Å²) in [6, 6.07) is 6.89. The Morgan fingerprint density at radius 1 is 1.27 bits per heavy atom. The molecular weight excluding hydrogens is 383 g/mol. The first kappa shape index (κ1) is 17.1. The Balaban J connectivity index is 1.48. The fourth-order valence-electron chi connectivity index (χ4n) is 2.59. The molecule has 10 heteroatoms. The monoisotopic (exact) mass is 394 g/mol. The van der Waals surface area contributed by atoms with E-state index >= 15 is 0 Å². The van der Waals surface area contributed by atoms with Crippen molar-refractivity contribution in [1.82, 2.24) is 19.4 Å². The molecule has 134 valence electrons. The summed E-state index contributed by atoms with van der Waals surface area (Å²) in [7, 11) is -3.75. The molecule has 2 aromatic heterocycles. The summed E-state index contributed by atoms with van der Waals surface area (Å²) in [4.78, 5) is 8.25. The van der Waals surface area contributed by atoms with Gasteiger partial charge in [-0.1, -0.05) is 16.8 Å². The minimum atomic E-state index is -3.75. The summed E-state index contributed by atoms with van der Waals surface area (Å²) in [6.45, 7) is 0.401. The molecule has 7 nitrogen and oxygen atoms in total. The molecule has 0 N–H and O–H groups in total. The molecule has 0 bridgehead atoms. The van der Waals surface area contributed by atoms with Crippen molar-refractivity contribution >= 4 is 21.6 Å². The summed E-state index contributed by atoms with van der Waals surface area (Å²) in [5, 5.41) is 3.67. The highest BCUT2D eigenvalue weighted by atomic mass is 35.5. The Labute approximate surface area is 153 Å². The third-order valence-electron chi connectivity index (χ3n) is 4.09. The topological polar surface area (TPSA) is 89.2 Å². The Morgan fingerprint density at radius 2 is 2.08 bits per heavy atom. The van der Waals surface area contributed by atoms with Crippen LogP contribution in [0.25, 0.3) is 11.4 Å². The van der Waals surface area contributed by atoms with Gasteiger partial charge >= 0.3 is 0 Å². The van der Waals surface area contributed by atoms with E-state index in [2.05, 4.69) is 15.1 Å². The van der Waals surface area contributed by atoms with E-state index in [4.69, 9.17) is 16.1 Å². The van der Waals surface area contributed by atoms with Gasteiger partial charge in [0.15, 0.2) is 0 Å². The minimum Gasteiger partial charge on any atom is -0.339 e. The number of hydrogen-bond acceptors (Lipinski definition) is 6. The number of pyridine rings is 1. The number of hydrogen-bond donors (Lipinski definition) is 0. The van der Waals surface area contributed by atoms with Crippen molar-refractivity contribution in [2.75, 3.05) is 13.1 Å². The molecule has 1 fully saturated rings. The fraction of sp³-hybridized carbons (Fsp3) is 0.188. The molecule has 0 unspecified atom stereocenters. The first-order chi connectivity index (χ1) is 12.4. The second-order valence-corrected chi connectivity index (χ2v) is 8.14. The van der Waals surface area contributed by atoms with Gasteiger partial charge in [-0.15, -0.1) is 0 Å². The first-order valence-electron chi connectivity index (χ1n) is 7.64. The first-order valence-corrected chi connectivity index (χ1v) is 9.46. The Morgan fingerprint density at radius 3 is 2.77 bits per heavy atom. The van der Waals surface area contributed by atoms with Gasteiger partial charge in [-0.2, -0.15) is 9.29 Å². The molecule has 0 radical (unpaired) electrons. The van der Waals surface area contributed by atoms with Crippen LogP contribution in [-0.2, 0) is 10.0 Å². The molecule has 3 heterocycles. The summed E-state index contributed by atoms with van der Waals surface area (Å²) in [5.41, 5.74) is 0.715. The van der Waals surface area contributed by atoms with E-state index in [0.717, 1.165) is 12.1 Å². The van der Waals surface area contributed by atoms with E-state index in [1.165, 1.54) is 10.4 Å². The second-order valence-electron chi connectivity index (χ2n) is 5.79. The molecule has 0 aliphatic carbocycles. The summed E-state index contributed by atoms with van der Waals surface area (Å²) in [6.07, 6.45) is 3.26. The van der Waals surface area contributed by atoms with Crippen molar-refractivity contribution < 1.29 is 17.3 Å². The zero-order valence-electron chi connectivity index (χ0n) is 13.2. The predicted octanol–water partition coefficient (Wildman–Crippen LogP) is 2.71. The maximum atomic E-state index is 13.2. The van der Waals surface area contributed by atoms with E-state index in [9.17, 15) is 12.8 Å². The van der Waals surface area contributed by atoms with E-state index in [1.54, 1.807) is 24.5 Å². The second kappa shape index (κ2) is 6.42. The molecule has 1 saturated heterocycles. The van der Waals surface area contributed by atoms with E-state index in [0.29, 0.717) is 17.3 Å². The van der Waals surface area contributed by atoms with Crippen molar-refractivity contribution in [3.05, 3.63) is 59.5 Å². The van der Waals surface area contributed by atoms with Crippen LogP contribution in [0, 0.1) is 5.82 Å². The average Bonchev–Trinajstić information content (AvgIpc) is 3.06. The molecule has 0 amide bonds. The van der Waals surface area contributed by atoms with Gasteiger partial charge in [0, 0.05) is 31.0 Å². The standard InChI is InChI=1S/C16H12ClFN4O3S/c17-13-6-12(3-4-14(13)18)26(23,24)22-8-11(9-22)16-20-15(21-25-16)10-2-1-5-19-7-10/h1-7,11H,8-9H2. The highest BCUT2D eigenvalue weighted by Gasteiger charge is 2.40. The SMILES string of the molecule is O=S(=O)(c1ccc(F)c(Cl)c1)N1CC(c2nc(-c3cccnc3)no2)C1. The quantitative estimate of drug-likeness (QED) is 0.676. The lowest BCUT2D eigenvalue weighted by Crippen LogP contribution is -2.48. The van der Waals surface area contributed by atoms with Crippen LogP contribution in [0.3, 0.4) is 0 Å². The predicted molar refractivity (Wildman–Crippen MR) is 90.4 cm³/mol. The molecule has 0 spiro atoms. The number of nitrogens with zero attached hydrogens (tertiary/aromatic N) is 4. The van der Waals surface area contributed by atoms with E-state index in [1.807, 2.05) is 0 Å². The molecule has 1 aliphatic rings. The Bertz CT molecular complexity index is 1050. The van der Waals surface area contributed by atoms with Crippen LogP contribution in [0.2, 0.25) is 5.02 Å². The lowest BCUT2D eigenvalue weighted by molar-refractivity contribution is 0.217. The molecule has 1 aromatic carbocycles. The molecule has 4 rings (SSSR count). The van der Waals surface area contributed by atoms with Crippen LogP contribution in [0.1, 0.15) is 11.8 Å². The smallest absolute Gasteiger partial charge is 0.243 e. The van der Waals surface area contributed by atoms with Crippen LogP contribution in [0.5, 0.6) is 0 Å². The largest absolute Gasteiger partial charge is 0.339 e. The van der Waals surface area contributed by atoms with Gasteiger partial charge in [-0.05, 0) is 30.3 Å². The maximum Gasteiger partial charge on any atom is 0.243 e. The van der Waals surface area contributed by atoms with Gasteiger partial charge in [0.1, 0.15) is 5.82 Å². The van der Waals surface area contributed by atoms with E-state index in [-0.39, 0.29) is 28.9 Å². The lowest BCUT2D eigenvalue weighted by atomic mass is 10.0. The molecule has 0 saturated carbocycles. The highest BCUT2D eigenvalue weighted by Crippen LogP contribution is 2.33. The maximum absolute atomic E-state index is 13.2. The van der Waals surface area contributed by atoms with Gasteiger partial charge in [0.25, 0.3) is 0 Å². The number of benzene rings is 1. The van der Waals surface area contributed by atoms with Crippen LogP contribution < -0.4 is 0 Å². The third-order valence-corrected chi connectivity index (χ3v) is 6.20. The van der Waals surface area contributed by atoms with Crippen molar-refractivity contribution in [3.8, 4) is 11.4 Å². The number of rotatable bonds is 4. The number of aromatic nitrogens is 3. The average molecular weight is 395 g/mol.